The van der Waals surface area contributed by atoms with Crippen molar-refractivity contribution in [3.63, 3.8) is 0 Å². The fourth-order valence-electron chi connectivity index (χ4n) is 1.73. The molecule has 0 aliphatic heterocycles. The van der Waals surface area contributed by atoms with Gasteiger partial charge in [-0.3, -0.25) is 10.00 Å². The zero-order valence-electron chi connectivity index (χ0n) is 11.3. The van der Waals surface area contributed by atoms with Crippen LogP contribution in [0, 0.1) is 6.92 Å². The van der Waals surface area contributed by atoms with Crippen LogP contribution in [0.15, 0.2) is 30.3 Å². The highest BCUT2D eigenvalue weighted by Crippen LogP contribution is 2.34. The zero-order valence-corrected chi connectivity index (χ0v) is 11.3. The van der Waals surface area contributed by atoms with E-state index in [0.29, 0.717) is 0 Å². The van der Waals surface area contributed by atoms with Gasteiger partial charge in [0.2, 0.25) is 0 Å². The molecule has 0 bridgehead atoms. The van der Waals surface area contributed by atoms with Crippen molar-refractivity contribution in [2.24, 2.45) is 7.05 Å². The maximum Gasteiger partial charge on any atom is 0.418 e. The Kier molecular flexibility index (Phi) is 3.88. The molecule has 1 aromatic carbocycles. The normalized spacial score (nSPS) is 11.3. The first-order valence-electron chi connectivity index (χ1n) is 6.02. The molecule has 5 nitrogen and oxygen atoms in total. The third-order valence-corrected chi connectivity index (χ3v) is 2.84. The summed E-state index contributed by atoms with van der Waals surface area (Å²) in [6, 6.07) is 5.58. The Bertz CT molecular complexity index is 644. The predicted molar refractivity (Wildman–Crippen MR) is 72.0 cm³/mol. The molecule has 2 aromatic rings. The minimum absolute atomic E-state index is 0.261. The summed E-state index contributed by atoms with van der Waals surface area (Å²) in [7, 11) is 1.69. The number of halogens is 3. The number of carbonyl (C=O) groups is 1. The number of urea groups is 1. The zero-order chi connectivity index (χ0) is 15.6. The maximum atomic E-state index is 12.8. The van der Waals surface area contributed by atoms with E-state index in [0.717, 1.165) is 11.8 Å². The lowest BCUT2D eigenvalue weighted by Crippen LogP contribution is -2.22. The SMILES string of the molecule is Cc1cc(NC(=O)Nc2ccccc2C(F)(F)F)nn1C. The smallest absolute Gasteiger partial charge is 0.307 e. The molecule has 2 rings (SSSR count). The van der Waals surface area contributed by atoms with Crippen LogP contribution in [0.4, 0.5) is 29.5 Å². The Labute approximate surface area is 118 Å². The highest BCUT2D eigenvalue weighted by molar-refractivity contribution is 5.99. The molecule has 0 aliphatic rings. The highest BCUT2D eigenvalue weighted by atomic mass is 19.4. The Morgan fingerprint density at radius 2 is 1.90 bits per heavy atom. The van der Waals surface area contributed by atoms with E-state index in [2.05, 4.69) is 15.7 Å². The van der Waals surface area contributed by atoms with Gasteiger partial charge >= 0.3 is 12.2 Å². The minimum Gasteiger partial charge on any atom is -0.307 e. The molecular weight excluding hydrogens is 285 g/mol. The van der Waals surface area contributed by atoms with Gasteiger partial charge in [0.25, 0.3) is 0 Å². The Balaban J connectivity index is 2.13. The minimum atomic E-state index is -4.54. The first kappa shape index (κ1) is 14.9. The molecule has 2 N–H and O–H groups in total. The van der Waals surface area contributed by atoms with Crippen LogP contribution in [0.2, 0.25) is 0 Å². The summed E-state index contributed by atoms with van der Waals surface area (Å²) in [6.45, 7) is 1.79. The number of hydrogen-bond acceptors (Lipinski definition) is 2. The first-order valence-corrected chi connectivity index (χ1v) is 6.02. The summed E-state index contributed by atoms with van der Waals surface area (Å²) in [6.07, 6.45) is -4.54. The number of nitrogens with zero attached hydrogens (tertiary/aromatic N) is 2. The average molecular weight is 298 g/mol. The number of benzene rings is 1. The van der Waals surface area contributed by atoms with Crippen LogP contribution in [0.1, 0.15) is 11.3 Å². The number of amides is 2. The molecule has 0 spiro atoms. The van der Waals surface area contributed by atoms with Crippen molar-refractivity contribution in [1.29, 1.82) is 0 Å². The van der Waals surface area contributed by atoms with Gasteiger partial charge in [-0.1, -0.05) is 12.1 Å². The molecule has 8 heteroatoms. The van der Waals surface area contributed by atoms with Crippen molar-refractivity contribution in [3.8, 4) is 0 Å². The Morgan fingerprint density at radius 1 is 1.24 bits per heavy atom. The summed E-state index contributed by atoms with van der Waals surface area (Å²) >= 11 is 0. The van der Waals surface area contributed by atoms with Crippen LogP contribution < -0.4 is 10.6 Å². The molecule has 0 fully saturated rings. The van der Waals surface area contributed by atoms with Crippen LogP contribution in [0.5, 0.6) is 0 Å². The lowest BCUT2D eigenvalue weighted by Gasteiger charge is -2.13. The Hall–Kier alpha value is -2.51. The van der Waals surface area contributed by atoms with Crippen molar-refractivity contribution < 1.29 is 18.0 Å². The second kappa shape index (κ2) is 5.47. The van der Waals surface area contributed by atoms with Gasteiger partial charge < -0.3 is 5.32 Å². The lowest BCUT2D eigenvalue weighted by atomic mass is 10.1. The standard InChI is InChI=1S/C13H13F3N4O/c1-8-7-11(19-20(8)2)18-12(21)17-10-6-4-3-5-9(10)13(14,15)16/h3-7H,1-2H3,(H2,17,18,19,21). The maximum absolute atomic E-state index is 12.8. The molecule has 0 atom stereocenters. The highest BCUT2D eigenvalue weighted by Gasteiger charge is 2.33. The molecule has 21 heavy (non-hydrogen) atoms. The van der Waals surface area contributed by atoms with Gasteiger partial charge in [-0.15, -0.1) is 0 Å². The Morgan fingerprint density at radius 3 is 2.48 bits per heavy atom. The largest absolute Gasteiger partial charge is 0.418 e. The van der Waals surface area contributed by atoms with Crippen molar-refractivity contribution in [1.82, 2.24) is 9.78 Å². The summed E-state index contributed by atoms with van der Waals surface area (Å²) in [5.41, 5.74) is -0.409. The van der Waals surface area contributed by atoms with Crippen LogP contribution in [-0.4, -0.2) is 15.8 Å². The third-order valence-electron chi connectivity index (χ3n) is 2.84. The molecular formula is C13H13F3N4O. The topological polar surface area (TPSA) is 59.0 Å². The van der Waals surface area contributed by atoms with Crippen molar-refractivity contribution in [2.45, 2.75) is 13.1 Å². The molecule has 2 amide bonds. The summed E-state index contributed by atoms with van der Waals surface area (Å²) < 4.78 is 39.9. The monoisotopic (exact) mass is 298 g/mol. The van der Waals surface area contributed by atoms with Crippen LogP contribution >= 0.6 is 0 Å². The van der Waals surface area contributed by atoms with Gasteiger partial charge in [-0.25, -0.2) is 4.79 Å². The lowest BCUT2D eigenvalue weighted by molar-refractivity contribution is -0.136. The molecule has 1 heterocycles. The molecule has 0 unspecified atom stereocenters. The van der Waals surface area contributed by atoms with Crippen molar-refractivity contribution >= 4 is 17.5 Å². The van der Waals surface area contributed by atoms with Gasteiger partial charge in [0.1, 0.15) is 0 Å². The van der Waals surface area contributed by atoms with E-state index in [1.54, 1.807) is 24.7 Å². The quantitative estimate of drug-likeness (QED) is 0.892. The number of alkyl halides is 3. The number of nitrogens with one attached hydrogen (secondary N) is 2. The summed E-state index contributed by atoms with van der Waals surface area (Å²) in [5.74, 6) is 0.261. The molecule has 0 radical (unpaired) electrons. The summed E-state index contributed by atoms with van der Waals surface area (Å²) in [5, 5.41) is 8.54. The number of aromatic nitrogens is 2. The fraction of sp³-hybridized carbons (Fsp3) is 0.231. The number of rotatable bonds is 2. The van der Waals surface area contributed by atoms with E-state index in [9.17, 15) is 18.0 Å². The number of para-hydroxylation sites is 1. The van der Waals surface area contributed by atoms with Gasteiger partial charge in [-0.05, 0) is 19.1 Å². The average Bonchev–Trinajstić information content (AvgIpc) is 2.67. The molecule has 0 saturated heterocycles. The second-order valence-electron chi connectivity index (χ2n) is 4.42. The van der Waals surface area contributed by atoms with Crippen LogP contribution in [0.3, 0.4) is 0 Å². The van der Waals surface area contributed by atoms with Crippen molar-refractivity contribution in [3.05, 3.63) is 41.6 Å². The van der Waals surface area contributed by atoms with Crippen molar-refractivity contribution in [2.75, 3.05) is 10.6 Å². The second-order valence-corrected chi connectivity index (χ2v) is 4.42. The van der Waals surface area contributed by atoms with Gasteiger partial charge in [0.05, 0.1) is 11.3 Å². The van der Waals surface area contributed by atoms with Gasteiger partial charge in [-0.2, -0.15) is 18.3 Å². The van der Waals surface area contributed by atoms with E-state index in [4.69, 9.17) is 0 Å². The van der Waals surface area contributed by atoms with E-state index in [1.165, 1.54) is 18.2 Å². The number of carbonyl (C=O) groups excluding carboxylic acids is 1. The molecule has 112 valence electrons. The van der Waals surface area contributed by atoms with Crippen LogP contribution in [-0.2, 0) is 13.2 Å². The van der Waals surface area contributed by atoms with Gasteiger partial charge in [0, 0.05) is 18.8 Å². The number of aryl methyl sites for hydroxylation is 2. The van der Waals surface area contributed by atoms with E-state index in [-0.39, 0.29) is 11.5 Å². The first-order chi connectivity index (χ1) is 9.77. The molecule has 1 aromatic heterocycles. The molecule has 0 saturated carbocycles. The van der Waals surface area contributed by atoms with E-state index >= 15 is 0 Å². The third kappa shape index (κ3) is 3.53. The number of anilines is 2. The van der Waals surface area contributed by atoms with E-state index in [1.807, 2.05) is 0 Å². The fourth-order valence-corrected chi connectivity index (χ4v) is 1.73. The number of hydrogen-bond donors (Lipinski definition) is 2. The summed E-state index contributed by atoms with van der Waals surface area (Å²) in [4.78, 5) is 11.7. The predicted octanol–water partition coefficient (Wildman–Crippen LogP) is 3.39. The van der Waals surface area contributed by atoms with Crippen LogP contribution in [0.25, 0.3) is 0 Å². The van der Waals surface area contributed by atoms with Gasteiger partial charge in [0.15, 0.2) is 5.82 Å². The van der Waals surface area contributed by atoms with E-state index < -0.39 is 17.8 Å². The molecule has 0 aliphatic carbocycles.